The third kappa shape index (κ3) is 4.58. The van der Waals surface area contributed by atoms with Gasteiger partial charge in [0.1, 0.15) is 19.3 Å². The third-order valence-electron chi connectivity index (χ3n) is 11.5. The van der Waals surface area contributed by atoms with Crippen LogP contribution in [0.3, 0.4) is 0 Å². The van der Waals surface area contributed by atoms with Crippen molar-refractivity contribution in [1.82, 2.24) is 4.90 Å². The second-order valence-electron chi connectivity index (χ2n) is 13.9. The number of fused-ring (bicyclic) bond motifs is 3. The number of cyclic esters (lactones) is 2. The van der Waals surface area contributed by atoms with Gasteiger partial charge >= 0.3 is 11.9 Å². The van der Waals surface area contributed by atoms with Gasteiger partial charge in [-0.3, -0.25) is 9.69 Å². The van der Waals surface area contributed by atoms with Crippen molar-refractivity contribution < 1.29 is 37.8 Å². The summed E-state index contributed by atoms with van der Waals surface area (Å²) in [6.45, 7) is 13.5. The van der Waals surface area contributed by atoms with Gasteiger partial charge in [0.05, 0.1) is 49.6 Å². The molecule has 10 nitrogen and oxygen atoms in total. The third-order valence-corrected chi connectivity index (χ3v) is 11.5. The molecule has 236 valence electrons. The first-order chi connectivity index (χ1) is 20.1. The summed E-state index contributed by atoms with van der Waals surface area (Å²) in [7, 11) is 0. The number of nitrogens with zero attached hydrogens (tertiary/aromatic N) is 2. The fraction of sp³-hybridized carbons (Fsp3) is 0.719. The summed E-state index contributed by atoms with van der Waals surface area (Å²) in [5.74, 6) is -0.471. The Balaban J connectivity index is 0.00000329. The molecule has 7 rings (SSSR count). The lowest BCUT2D eigenvalue weighted by atomic mass is 9.39. The van der Waals surface area contributed by atoms with Gasteiger partial charge in [0.2, 0.25) is 0 Å². The molecule has 6 aliphatic rings. The second-order valence-corrected chi connectivity index (χ2v) is 13.9. The van der Waals surface area contributed by atoms with Crippen LogP contribution in [0.5, 0.6) is 0 Å². The lowest BCUT2D eigenvalue weighted by molar-refractivity contribution is -0.181. The first kappa shape index (κ1) is 30.6. The highest BCUT2D eigenvalue weighted by atomic mass is 35.5. The number of carbonyl (C=O) groups excluding carboxylic acids is 2. The van der Waals surface area contributed by atoms with Crippen molar-refractivity contribution >= 4 is 30.1 Å². The average Bonchev–Trinajstić information content (AvgIpc) is 3.56. The van der Waals surface area contributed by atoms with E-state index in [-0.39, 0.29) is 48.7 Å². The van der Waals surface area contributed by atoms with Crippen molar-refractivity contribution in [2.24, 2.45) is 33.2 Å². The van der Waals surface area contributed by atoms with E-state index in [1.54, 1.807) is 18.6 Å². The number of esters is 2. The smallest absolute Gasteiger partial charge is 0.331 e. The summed E-state index contributed by atoms with van der Waals surface area (Å²) >= 11 is 0. The molecule has 5 heterocycles. The second kappa shape index (κ2) is 10.9. The molecule has 5 fully saturated rings. The van der Waals surface area contributed by atoms with Crippen LogP contribution in [0.4, 0.5) is 0 Å². The number of halogens is 1. The summed E-state index contributed by atoms with van der Waals surface area (Å²) < 4.78 is 29.5. The molecule has 0 unspecified atom stereocenters. The Labute approximate surface area is 258 Å². The molecule has 0 aromatic carbocycles. The molecule has 4 aliphatic heterocycles. The van der Waals surface area contributed by atoms with Crippen LogP contribution in [0, 0.1) is 28.1 Å². The minimum absolute atomic E-state index is 0. The molecule has 2 saturated carbocycles. The molecule has 1 aromatic rings. The molecule has 3 saturated heterocycles. The van der Waals surface area contributed by atoms with Gasteiger partial charge in [0.15, 0.2) is 0 Å². The standard InChI is InChI=1S/C32H42N2O8.ClH/c1-29(2)22-15-24(33-40-14-10-34-8-12-37-13-9-34)31(4)21(32(22)19-39-26(35)17-25(32)42-29)5-7-30(3)23(31)16-27(36)41-28(30)20-6-11-38-18-20;/h6,11,16,18,21-22,25,28H,5,7-10,12-15,17,19H2,1-4H3;1H/b33-24-;/t21-,22-,25-,28-,30+,31+,32+;/m0./s1. The van der Waals surface area contributed by atoms with Crippen molar-refractivity contribution in [1.29, 1.82) is 0 Å². The highest BCUT2D eigenvalue weighted by Crippen LogP contribution is 2.72. The number of hydrogen-bond acceptors (Lipinski definition) is 10. The summed E-state index contributed by atoms with van der Waals surface area (Å²) in [6, 6.07) is 1.88. The fourth-order valence-corrected chi connectivity index (χ4v) is 9.59. The summed E-state index contributed by atoms with van der Waals surface area (Å²) in [4.78, 5) is 34.3. The molecule has 0 bridgehead atoms. The zero-order valence-corrected chi connectivity index (χ0v) is 26.3. The van der Waals surface area contributed by atoms with Gasteiger partial charge in [-0.2, -0.15) is 0 Å². The Kier molecular flexibility index (Phi) is 7.76. The quantitative estimate of drug-likeness (QED) is 0.268. The van der Waals surface area contributed by atoms with Gasteiger partial charge < -0.3 is 28.2 Å². The predicted octanol–water partition coefficient (Wildman–Crippen LogP) is 4.48. The maximum Gasteiger partial charge on any atom is 0.331 e. The summed E-state index contributed by atoms with van der Waals surface area (Å²) in [5.41, 5.74) is 0.810. The van der Waals surface area contributed by atoms with Crippen LogP contribution >= 0.6 is 12.4 Å². The molecular formula is C32H43ClN2O8. The van der Waals surface area contributed by atoms with Crippen LogP contribution in [0.25, 0.3) is 0 Å². The van der Waals surface area contributed by atoms with E-state index >= 15 is 0 Å². The van der Waals surface area contributed by atoms with E-state index in [0.717, 1.165) is 62.5 Å². The Hall–Kier alpha value is -2.40. The molecule has 0 N–H and O–H groups in total. The van der Waals surface area contributed by atoms with E-state index in [0.29, 0.717) is 19.6 Å². The van der Waals surface area contributed by atoms with E-state index in [1.165, 1.54) is 0 Å². The molecule has 1 spiro atoms. The van der Waals surface area contributed by atoms with Crippen molar-refractivity contribution in [2.75, 3.05) is 46.1 Å². The first-order valence-corrected chi connectivity index (χ1v) is 15.4. The topological polar surface area (TPSA) is 109 Å². The number of furan rings is 1. The van der Waals surface area contributed by atoms with Gasteiger partial charge in [-0.1, -0.05) is 19.0 Å². The van der Waals surface area contributed by atoms with Gasteiger partial charge in [-0.05, 0) is 50.7 Å². The molecule has 11 heteroatoms. The number of ether oxygens (including phenoxy) is 4. The number of carbonyl (C=O) groups is 2. The lowest BCUT2D eigenvalue weighted by Crippen LogP contribution is -2.66. The van der Waals surface area contributed by atoms with Crippen LogP contribution < -0.4 is 0 Å². The van der Waals surface area contributed by atoms with E-state index in [4.69, 9.17) is 33.4 Å². The Morgan fingerprint density at radius 3 is 2.63 bits per heavy atom. The zero-order chi connectivity index (χ0) is 29.3. The number of rotatable bonds is 5. The van der Waals surface area contributed by atoms with E-state index in [1.807, 2.05) is 6.07 Å². The Bertz CT molecular complexity index is 1310. The first-order valence-electron chi connectivity index (χ1n) is 15.4. The Morgan fingerprint density at radius 2 is 1.88 bits per heavy atom. The van der Waals surface area contributed by atoms with E-state index < -0.39 is 27.9 Å². The SMILES string of the molecule is CC1(C)O[C@H]2CC(=O)OC[C@]23[C@H]2CC[C@]4(C)C(=CC(=O)O[C@H]4c4ccoc4)[C@]2(C)/C(=N\OCCN2CCOCC2)C[C@@H]13.Cl. The number of morpholine rings is 1. The Morgan fingerprint density at radius 1 is 1.09 bits per heavy atom. The molecular weight excluding hydrogens is 576 g/mol. The molecule has 0 radical (unpaired) electrons. The average molecular weight is 619 g/mol. The molecule has 7 atom stereocenters. The van der Waals surface area contributed by atoms with Gasteiger partial charge in [0.25, 0.3) is 0 Å². The zero-order valence-electron chi connectivity index (χ0n) is 25.5. The monoisotopic (exact) mass is 618 g/mol. The van der Waals surface area contributed by atoms with Crippen LogP contribution in [-0.4, -0.2) is 80.3 Å². The molecule has 1 aromatic heterocycles. The highest BCUT2D eigenvalue weighted by molar-refractivity contribution is 5.97. The van der Waals surface area contributed by atoms with Crippen molar-refractivity contribution in [3.05, 3.63) is 35.8 Å². The van der Waals surface area contributed by atoms with Crippen molar-refractivity contribution in [3.8, 4) is 0 Å². The summed E-state index contributed by atoms with van der Waals surface area (Å²) in [6.07, 6.45) is 6.77. The van der Waals surface area contributed by atoms with E-state index in [2.05, 4.69) is 32.6 Å². The predicted molar refractivity (Wildman–Crippen MR) is 158 cm³/mol. The number of hydrogen-bond donors (Lipinski definition) is 0. The number of oxime groups is 1. The maximum absolute atomic E-state index is 13.3. The van der Waals surface area contributed by atoms with Gasteiger partial charge in [0, 0.05) is 53.4 Å². The summed E-state index contributed by atoms with van der Waals surface area (Å²) in [5, 5.41) is 4.92. The minimum atomic E-state index is -0.629. The van der Waals surface area contributed by atoms with Crippen LogP contribution in [0.15, 0.2) is 39.8 Å². The van der Waals surface area contributed by atoms with Gasteiger partial charge in [-0.25, -0.2) is 4.79 Å². The van der Waals surface area contributed by atoms with Gasteiger partial charge in [-0.15, -0.1) is 12.4 Å². The highest BCUT2D eigenvalue weighted by Gasteiger charge is 2.74. The lowest BCUT2D eigenvalue weighted by Gasteiger charge is -2.64. The maximum atomic E-state index is 13.3. The van der Waals surface area contributed by atoms with E-state index in [9.17, 15) is 9.59 Å². The van der Waals surface area contributed by atoms with Crippen LogP contribution in [0.2, 0.25) is 0 Å². The molecule has 43 heavy (non-hydrogen) atoms. The molecule has 0 amide bonds. The van der Waals surface area contributed by atoms with Crippen molar-refractivity contribution in [3.63, 3.8) is 0 Å². The normalized spacial score (nSPS) is 41.0. The largest absolute Gasteiger partial charge is 0.472 e. The molecule has 2 aliphatic carbocycles. The van der Waals surface area contributed by atoms with Crippen LogP contribution in [-0.2, 0) is 33.4 Å². The fourth-order valence-electron chi connectivity index (χ4n) is 9.59. The van der Waals surface area contributed by atoms with Crippen LogP contribution in [0.1, 0.15) is 65.0 Å². The minimum Gasteiger partial charge on any atom is -0.472 e. The van der Waals surface area contributed by atoms with Crippen molar-refractivity contribution in [2.45, 2.75) is 71.2 Å².